The van der Waals surface area contributed by atoms with Crippen LogP contribution in [0.1, 0.15) is 36.6 Å². The maximum atomic E-state index is 13.6. The van der Waals surface area contributed by atoms with E-state index < -0.39 is 6.04 Å². The minimum Gasteiger partial charge on any atom is -0.492 e. The summed E-state index contributed by atoms with van der Waals surface area (Å²) >= 11 is 0. The molecule has 2 heterocycles. The van der Waals surface area contributed by atoms with E-state index in [9.17, 15) is 4.79 Å². The monoisotopic (exact) mass is 496 g/mol. The van der Waals surface area contributed by atoms with Crippen molar-refractivity contribution >= 4 is 17.5 Å². The van der Waals surface area contributed by atoms with E-state index in [1.165, 1.54) is 5.56 Å². The van der Waals surface area contributed by atoms with Crippen molar-refractivity contribution in [2.45, 2.75) is 33.4 Å². The molecule has 1 aliphatic heterocycles. The third kappa shape index (κ3) is 5.16. The number of aromatic nitrogens is 4. The van der Waals surface area contributed by atoms with Gasteiger partial charge in [-0.05, 0) is 66.6 Å². The molecule has 1 aromatic heterocycles. The lowest BCUT2D eigenvalue weighted by atomic mass is 9.95. The molecule has 9 nitrogen and oxygen atoms in total. The number of fused-ring (bicyclic) bond motifs is 1. The molecule has 0 saturated heterocycles. The molecule has 4 aromatic rings. The lowest BCUT2D eigenvalue weighted by Gasteiger charge is -2.28. The fourth-order valence-corrected chi connectivity index (χ4v) is 4.25. The highest BCUT2D eigenvalue weighted by Crippen LogP contribution is 2.36. The van der Waals surface area contributed by atoms with Gasteiger partial charge in [-0.2, -0.15) is 4.68 Å². The van der Waals surface area contributed by atoms with Gasteiger partial charge in [0, 0.05) is 5.70 Å². The SMILES string of the molecule is CCOc1ccccc1NC(=O)C1=C(C)Nc2nnnn2C1c1ccc(OCc2ccc(C)cc2)cc1. The standard InChI is InChI=1S/C28H28N6O3/c1-4-36-24-8-6-5-7-23(24)30-27(35)25-19(3)29-28-31-32-33-34(28)26(25)21-13-15-22(16-14-21)37-17-20-11-9-18(2)10-12-20/h5-16,26H,4,17H2,1-3H3,(H,30,35)(H,29,31,33). The van der Waals surface area contributed by atoms with Gasteiger partial charge < -0.3 is 20.1 Å². The molecular formula is C28H28N6O3. The Labute approximate surface area is 215 Å². The number of hydrogen-bond acceptors (Lipinski definition) is 7. The van der Waals surface area contributed by atoms with Gasteiger partial charge in [-0.15, -0.1) is 0 Å². The molecule has 1 unspecified atom stereocenters. The predicted octanol–water partition coefficient (Wildman–Crippen LogP) is 4.89. The normalized spacial score (nSPS) is 14.5. The minimum atomic E-state index is -0.531. The van der Waals surface area contributed by atoms with Crippen molar-refractivity contribution in [3.05, 3.63) is 101 Å². The van der Waals surface area contributed by atoms with Gasteiger partial charge in [0.2, 0.25) is 5.95 Å². The number of anilines is 2. The summed E-state index contributed by atoms with van der Waals surface area (Å²) in [5.74, 6) is 1.53. The number of amides is 1. The summed E-state index contributed by atoms with van der Waals surface area (Å²) in [6.07, 6.45) is 0. The molecule has 37 heavy (non-hydrogen) atoms. The number of allylic oxidation sites excluding steroid dienone is 1. The van der Waals surface area contributed by atoms with Crippen molar-refractivity contribution in [2.75, 3.05) is 17.2 Å². The van der Waals surface area contributed by atoms with Gasteiger partial charge in [-0.1, -0.05) is 59.2 Å². The maximum absolute atomic E-state index is 13.6. The van der Waals surface area contributed by atoms with Crippen molar-refractivity contribution in [3.8, 4) is 11.5 Å². The summed E-state index contributed by atoms with van der Waals surface area (Å²) in [5, 5.41) is 18.2. The van der Waals surface area contributed by atoms with E-state index in [1.54, 1.807) is 4.68 Å². The molecule has 0 saturated carbocycles. The van der Waals surface area contributed by atoms with E-state index in [2.05, 4.69) is 57.3 Å². The Bertz CT molecular complexity index is 1430. The summed E-state index contributed by atoms with van der Waals surface area (Å²) in [6.45, 7) is 6.76. The summed E-state index contributed by atoms with van der Waals surface area (Å²) in [6, 6.07) is 22.7. The number of nitrogens with zero attached hydrogens (tertiary/aromatic N) is 4. The Hall–Kier alpha value is -4.66. The first kappa shape index (κ1) is 24.1. The number of tetrazole rings is 1. The number of nitrogens with one attached hydrogen (secondary N) is 2. The van der Waals surface area contributed by atoms with Crippen LogP contribution in [-0.4, -0.2) is 32.7 Å². The van der Waals surface area contributed by atoms with Crippen LogP contribution in [0.4, 0.5) is 11.6 Å². The number of carbonyl (C=O) groups excluding carboxylic acids is 1. The molecule has 3 aromatic carbocycles. The molecule has 188 valence electrons. The van der Waals surface area contributed by atoms with Gasteiger partial charge in [0.05, 0.1) is 17.9 Å². The number of para-hydroxylation sites is 2. The molecule has 0 radical (unpaired) electrons. The van der Waals surface area contributed by atoms with Crippen molar-refractivity contribution in [1.82, 2.24) is 20.2 Å². The lowest BCUT2D eigenvalue weighted by Crippen LogP contribution is -2.31. The highest BCUT2D eigenvalue weighted by Gasteiger charge is 2.34. The van der Waals surface area contributed by atoms with Gasteiger partial charge in [-0.3, -0.25) is 4.79 Å². The van der Waals surface area contributed by atoms with Crippen LogP contribution in [0.2, 0.25) is 0 Å². The molecule has 5 rings (SSSR count). The Kier molecular flexibility index (Phi) is 6.85. The first-order chi connectivity index (χ1) is 18.0. The minimum absolute atomic E-state index is 0.275. The molecule has 1 atom stereocenters. The zero-order valence-electron chi connectivity index (χ0n) is 20.9. The third-order valence-electron chi connectivity index (χ3n) is 6.12. The summed E-state index contributed by atoms with van der Waals surface area (Å²) in [4.78, 5) is 13.6. The summed E-state index contributed by atoms with van der Waals surface area (Å²) in [7, 11) is 0. The van der Waals surface area contributed by atoms with E-state index in [0.717, 1.165) is 16.9 Å². The highest BCUT2D eigenvalue weighted by atomic mass is 16.5. The zero-order chi connectivity index (χ0) is 25.8. The van der Waals surface area contributed by atoms with Crippen molar-refractivity contribution in [1.29, 1.82) is 0 Å². The summed E-state index contributed by atoms with van der Waals surface area (Å²) in [5.41, 5.74) is 4.91. The largest absolute Gasteiger partial charge is 0.492 e. The summed E-state index contributed by atoms with van der Waals surface area (Å²) < 4.78 is 13.3. The topological polar surface area (TPSA) is 103 Å². The molecule has 1 aliphatic rings. The number of carbonyl (C=O) groups is 1. The van der Waals surface area contributed by atoms with Crippen LogP contribution in [0, 0.1) is 6.92 Å². The van der Waals surface area contributed by atoms with E-state index in [4.69, 9.17) is 9.47 Å². The molecule has 9 heteroatoms. The Morgan fingerprint density at radius 1 is 1.00 bits per heavy atom. The average molecular weight is 497 g/mol. The van der Waals surface area contributed by atoms with Crippen LogP contribution in [0.3, 0.4) is 0 Å². The second-order valence-electron chi connectivity index (χ2n) is 8.74. The number of hydrogen-bond donors (Lipinski definition) is 2. The van der Waals surface area contributed by atoms with E-state index in [0.29, 0.717) is 41.9 Å². The third-order valence-corrected chi connectivity index (χ3v) is 6.12. The van der Waals surface area contributed by atoms with Crippen LogP contribution in [0.15, 0.2) is 84.1 Å². The van der Waals surface area contributed by atoms with E-state index in [-0.39, 0.29) is 5.91 Å². The van der Waals surface area contributed by atoms with Crippen molar-refractivity contribution < 1.29 is 14.3 Å². The second kappa shape index (κ2) is 10.5. The second-order valence-corrected chi connectivity index (χ2v) is 8.74. The molecule has 1 amide bonds. The van der Waals surface area contributed by atoms with E-state index in [1.807, 2.05) is 62.4 Å². The first-order valence-corrected chi connectivity index (χ1v) is 12.1. The lowest BCUT2D eigenvalue weighted by molar-refractivity contribution is -0.113. The van der Waals surface area contributed by atoms with Crippen LogP contribution < -0.4 is 20.1 Å². The fourth-order valence-electron chi connectivity index (χ4n) is 4.25. The van der Waals surface area contributed by atoms with Gasteiger partial charge >= 0.3 is 0 Å². The van der Waals surface area contributed by atoms with Crippen molar-refractivity contribution in [3.63, 3.8) is 0 Å². The quantitative estimate of drug-likeness (QED) is 0.358. The van der Waals surface area contributed by atoms with Gasteiger partial charge in [0.1, 0.15) is 24.1 Å². The molecule has 0 bridgehead atoms. The van der Waals surface area contributed by atoms with Gasteiger partial charge in [0.25, 0.3) is 5.91 Å². The molecular weight excluding hydrogens is 468 g/mol. The van der Waals surface area contributed by atoms with Gasteiger partial charge in [-0.25, -0.2) is 0 Å². The van der Waals surface area contributed by atoms with Gasteiger partial charge in [0.15, 0.2) is 0 Å². The number of aryl methyl sites for hydroxylation is 1. The Morgan fingerprint density at radius 3 is 2.51 bits per heavy atom. The zero-order valence-corrected chi connectivity index (χ0v) is 20.9. The number of rotatable bonds is 8. The van der Waals surface area contributed by atoms with Crippen LogP contribution in [0.5, 0.6) is 11.5 Å². The maximum Gasteiger partial charge on any atom is 0.255 e. The van der Waals surface area contributed by atoms with Crippen LogP contribution in [0.25, 0.3) is 0 Å². The van der Waals surface area contributed by atoms with E-state index >= 15 is 0 Å². The predicted molar refractivity (Wildman–Crippen MR) is 140 cm³/mol. The molecule has 0 fully saturated rings. The first-order valence-electron chi connectivity index (χ1n) is 12.1. The number of benzene rings is 3. The highest BCUT2D eigenvalue weighted by molar-refractivity contribution is 6.06. The average Bonchev–Trinajstić information content (AvgIpc) is 3.37. The molecule has 0 aliphatic carbocycles. The fraction of sp³-hybridized carbons (Fsp3) is 0.214. The number of ether oxygens (including phenoxy) is 2. The smallest absolute Gasteiger partial charge is 0.255 e. The Morgan fingerprint density at radius 2 is 1.76 bits per heavy atom. The van der Waals surface area contributed by atoms with Crippen LogP contribution >= 0.6 is 0 Å². The Balaban J connectivity index is 1.41. The molecule has 0 spiro atoms. The van der Waals surface area contributed by atoms with Crippen LogP contribution in [-0.2, 0) is 11.4 Å². The van der Waals surface area contributed by atoms with Crippen molar-refractivity contribution in [2.24, 2.45) is 0 Å². The molecule has 2 N–H and O–H groups in total.